The van der Waals surface area contributed by atoms with Crippen LogP contribution in [-0.2, 0) is 13.0 Å². The Morgan fingerprint density at radius 3 is 3.05 bits per heavy atom. The Kier molecular flexibility index (Phi) is 5.27. The molecule has 5 nitrogen and oxygen atoms in total. The maximum atomic E-state index is 12.6. The number of rotatable bonds is 3. The van der Waals surface area contributed by atoms with E-state index in [1.807, 2.05) is 4.90 Å². The maximum Gasteiger partial charge on any atom is 0.274 e. The normalized spacial score (nSPS) is 21.3. The molecule has 0 spiro atoms. The molecule has 21 heavy (non-hydrogen) atoms. The zero-order chi connectivity index (χ0) is 14.1. The molecular formula is C15H25ClN4O. The largest absolute Gasteiger partial charge is 0.337 e. The van der Waals surface area contributed by atoms with Gasteiger partial charge in [0, 0.05) is 43.9 Å². The number of hydrogen-bond donors (Lipinski definition) is 2. The molecule has 1 atom stereocenters. The van der Waals surface area contributed by atoms with Gasteiger partial charge in [0.05, 0.1) is 0 Å². The van der Waals surface area contributed by atoms with E-state index in [0.717, 1.165) is 50.3 Å². The predicted molar refractivity (Wildman–Crippen MR) is 84.7 cm³/mol. The van der Waals surface area contributed by atoms with E-state index < -0.39 is 0 Å². The van der Waals surface area contributed by atoms with Crippen LogP contribution in [0.15, 0.2) is 0 Å². The fourth-order valence-corrected chi connectivity index (χ4v) is 3.43. The van der Waals surface area contributed by atoms with Crippen LogP contribution in [0.25, 0.3) is 0 Å². The van der Waals surface area contributed by atoms with E-state index in [9.17, 15) is 4.79 Å². The number of aromatic amines is 1. The van der Waals surface area contributed by atoms with E-state index in [1.54, 1.807) is 0 Å². The highest BCUT2D eigenvalue weighted by Crippen LogP contribution is 2.25. The van der Waals surface area contributed by atoms with Crippen molar-refractivity contribution in [2.24, 2.45) is 11.8 Å². The van der Waals surface area contributed by atoms with Crippen molar-refractivity contribution in [1.29, 1.82) is 0 Å². The average molecular weight is 313 g/mol. The van der Waals surface area contributed by atoms with Gasteiger partial charge in [0.25, 0.3) is 5.91 Å². The first-order chi connectivity index (χ1) is 9.65. The van der Waals surface area contributed by atoms with Gasteiger partial charge in [-0.15, -0.1) is 12.4 Å². The molecule has 1 unspecified atom stereocenters. The maximum absolute atomic E-state index is 12.6. The van der Waals surface area contributed by atoms with Crippen LogP contribution in [0.5, 0.6) is 0 Å². The van der Waals surface area contributed by atoms with Crippen LogP contribution < -0.4 is 5.32 Å². The van der Waals surface area contributed by atoms with Crippen LogP contribution in [0.2, 0.25) is 0 Å². The van der Waals surface area contributed by atoms with E-state index in [4.69, 9.17) is 0 Å². The topological polar surface area (TPSA) is 61.0 Å². The summed E-state index contributed by atoms with van der Waals surface area (Å²) in [6.07, 6.45) is 3.28. The molecule has 2 aliphatic rings. The van der Waals surface area contributed by atoms with Crippen LogP contribution in [-0.4, -0.2) is 40.6 Å². The Hall–Kier alpha value is -1.07. The van der Waals surface area contributed by atoms with E-state index in [1.165, 1.54) is 6.42 Å². The van der Waals surface area contributed by atoms with Gasteiger partial charge in [0.15, 0.2) is 5.69 Å². The summed E-state index contributed by atoms with van der Waals surface area (Å²) < 4.78 is 0. The monoisotopic (exact) mass is 312 g/mol. The van der Waals surface area contributed by atoms with Crippen LogP contribution in [0, 0.1) is 11.8 Å². The standard InChI is InChI=1S/C15H24N4O.ClH/c1-10(2)7-11-4-6-19(9-11)15(20)14-12-8-16-5-3-13(12)17-18-14;/h10-11,16H,3-9H2,1-2H3,(H,17,18);1H. The van der Waals surface area contributed by atoms with Gasteiger partial charge >= 0.3 is 0 Å². The summed E-state index contributed by atoms with van der Waals surface area (Å²) in [6, 6.07) is 0. The summed E-state index contributed by atoms with van der Waals surface area (Å²) in [7, 11) is 0. The Morgan fingerprint density at radius 1 is 1.48 bits per heavy atom. The molecule has 0 aliphatic carbocycles. The van der Waals surface area contributed by atoms with Gasteiger partial charge < -0.3 is 10.2 Å². The van der Waals surface area contributed by atoms with Crippen LogP contribution in [0.1, 0.15) is 48.4 Å². The molecule has 0 saturated carbocycles. The quantitative estimate of drug-likeness (QED) is 0.897. The number of H-pyrrole nitrogens is 1. The number of fused-ring (bicyclic) bond motifs is 1. The van der Waals surface area contributed by atoms with Crippen molar-refractivity contribution in [2.45, 2.75) is 39.7 Å². The van der Waals surface area contributed by atoms with Crippen molar-refractivity contribution in [3.8, 4) is 0 Å². The Labute approximate surface area is 132 Å². The predicted octanol–water partition coefficient (Wildman–Crippen LogP) is 1.99. The van der Waals surface area contributed by atoms with E-state index in [-0.39, 0.29) is 18.3 Å². The Morgan fingerprint density at radius 2 is 2.29 bits per heavy atom. The zero-order valence-corrected chi connectivity index (χ0v) is 13.6. The first kappa shape index (κ1) is 16.3. The van der Waals surface area contributed by atoms with Crippen molar-refractivity contribution in [2.75, 3.05) is 19.6 Å². The van der Waals surface area contributed by atoms with Gasteiger partial charge in [0.2, 0.25) is 0 Å². The number of nitrogens with one attached hydrogen (secondary N) is 2. The lowest BCUT2D eigenvalue weighted by Crippen LogP contribution is -2.31. The first-order valence-corrected chi connectivity index (χ1v) is 7.71. The number of hydrogen-bond acceptors (Lipinski definition) is 3. The summed E-state index contributed by atoms with van der Waals surface area (Å²) in [5.41, 5.74) is 2.84. The highest BCUT2D eigenvalue weighted by molar-refractivity contribution is 5.94. The Balaban J connectivity index is 0.00000161. The van der Waals surface area contributed by atoms with Crippen molar-refractivity contribution in [1.82, 2.24) is 20.4 Å². The zero-order valence-electron chi connectivity index (χ0n) is 12.8. The molecule has 3 rings (SSSR count). The summed E-state index contributed by atoms with van der Waals surface area (Å²) in [4.78, 5) is 14.6. The fraction of sp³-hybridized carbons (Fsp3) is 0.733. The minimum atomic E-state index is 0. The van der Waals surface area contributed by atoms with Crippen LogP contribution in [0.4, 0.5) is 0 Å². The highest BCUT2D eigenvalue weighted by Gasteiger charge is 2.31. The van der Waals surface area contributed by atoms with Gasteiger partial charge in [-0.25, -0.2) is 0 Å². The minimum Gasteiger partial charge on any atom is -0.337 e. The molecule has 0 bridgehead atoms. The fourth-order valence-electron chi connectivity index (χ4n) is 3.43. The number of carbonyl (C=O) groups excluding carboxylic acids is 1. The highest BCUT2D eigenvalue weighted by atomic mass is 35.5. The van der Waals surface area contributed by atoms with Gasteiger partial charge in [-0.2, -0.15) is 5.10 Å². The van der Waals surface area contributed by atoms with Gasteiger partial charge in [0.1, 0.15) is 0 Å². The molecule has 3 heterocycles. The number of halogens is 1. The number of nitrogens with zero attached hydrogens (tertiary/aromatic N) is 2. The second-order valence-electron chi connectivity index (χ2n) is 6.49. The third kappa shape index (κ3) is 3.40. The molecule has 1 saturated heterocycles. The van der Waals surface area contributed by atoms with Crippen LogP contribution in [0.3, 0.4) is 0 Å². The molecule has 1 fully saturated rings. The lowest BCUT2D eigenvalue weighted by atomic mass is 9.97. The molecular weight excluding hydrogens is 288 g/mol. The molecule has 1 aromatic heterocycles. The number of carbonyl (C=O) groups is 1. The molecule has 1 aromatic rings. The minimum absolute atomic E-state index is 0. The molecule has 0 radical (unpaired) electrons. The van der Waals surface area contributed by atoms with E-state index in [0.29, 0.717) is 17.5 Å². The second-order valence-corrected chi connectivity index (χ2v) is 6.49. The van der Waals surface area contributed by atoms with Gasteiger partial charge in [-0.05, 0) is 24.7 Å². The average Bonchev–Trinajstić information content (AvgIpc) is 3.03. The second kappa shape index (κ2) is 6.79. The molecule has 6 heteroatoms. The third-order valence-corrected chi connectivity index (χ3v) is 4.39. The van der Waals surface area contributed by atoms with E-state index in [2.05, 4.69) is 29.4 Å². The molecule has 118 valence electrons. The van der Waals surface area contributed by atoms with Crippen molar-refractivity contribution >= 4 is 18.3 Å². The van der Waals surface area contributed by atoms with Crippen molar-refractivity contribution in [3.63, 3.8) is 0 Å². The SMILES string of the molecule is CC(C)CC1CCN(C(=O)c2n[nH]c3c2CNCC3)C1.Cl. The van der Waals surface area contributed by atoms with Crippen LogP contribution >= 0.6 is 12.4 Å². The van der Waals surface area contributed by atoms with Gasteiger partial charge in [-0.3, -0.25) is 9.89 Å². The lowest BCUT2D eigenvalue weighted by Gasteiger charge is -2.18. The van der Waals surface area contributed by atoms with E-state index >= 15 is 0 Å². The Bertz CT molecular complexity index is 500. The van der Waals surface area contributed by atoms with Gasteiger partial charge in [-0.1, -0.05) is 13.8 Å². The van der Waals surface area contributed by atoms with Crippen molar-refractivity contribution in [3.05, 3.63) is 17.0 Å². The third-order valence-electron chi connectivity index (χ3n) is 4.39. The smallest absolute Gasteiger partial charge is 0.274 e. The number of aromatic nitrogens is 2. The molecule has 0 aromatic carbocycles. The summed E-state index contributed by atoms with van der Waals surface area (Å²) in [5, 5.41) is 10.6. The summed E-state index contributed by atoms with van der Waals surface area (Å²) in [5.74, 6) is 1.47. The number of amides is 1. The number of likely N-dealkylation sites (tertiary alicyclic amines) is 1. The molecule has 2 aliphatic heterocycles. The van der Waals surface area contributed by atoms with Crippen molar-refractivity contribution < 1.29 is 4.79 Å². The molecule has 1 amide bonds. The summed E-state index contributed by atoms with van der Waals surface area (Å²) >= 11 is 0. The lowest BCUT2D eigenvalue weighted by molar-refractivity contribution is 0.0778. The summed E-state index contributed by atoms with van der Waals surface area (Å²) in [6.45, 7) is 8.00. The molecule has 2 N–H and O–H groups in total. The first-order valence-electron chi connectivity index (χ1n) is 7.71.